The summed E-state index contributed by atoms with van der Waals surface area (Å²) in [7, 11) is -1.12. The summed E-state index contributed by atoms with van der Waals surface area (Å²) in [6, 6.07) is 13.1. The van der Waals surface area contributed by atoms with Crippen molar-refractivity contribution in [1.29, 1.82) is 0 Å². The number of halogens is 1. The maximum Gasteiger partial charge on any atom is 0.310 e. The molecule has 0 bridgehead atoms. The van der Waals surface area contributed by atoms with Gasteiger partial charge in [-0.2, -0.15) is 0 Å². The zero-order chi connectivity index (χ0) is 28.9. The minimum Gasteiger partial charge on any atom is -0.489 e. The normalized spacial score (nSPS) is 12.4. The Hall–Kier alpha value is -3.52. The van der Waals surface area contributed by atoms with Gasteiger partial charge >= 0.3 is 5.97 Å². The van der Waals surface area contributed by atoms with Crippen LogP contribution in [0.5, 0.6) is 5.75 Å². The second-order valence-electron chi connectivity index (χ2n) is 10.6. The molecule has 8 heteroatoms. The van der Waals surface area contributed by atoms with Crippen molar-refractivity contribution in [3.8, 4) is 16.9 Å². The molecule has 0 saturated heterocycles. The van der Waals surface area contributed by atoms with Crippen molar-refractivity contribution in [2.45, 2.75) is 65.2 Å². The number of ether oxygens (including phenoxy) is 2. The van der Waals surface area contributed by atoms with Gasteiger partial charge in [-0.1, -0.05) is 19.1 Å². The first kappa shape index (κ1) is 29.5. The molecule has 212 valence electrons. The van der Waals surface area contributed by atoms with Crippen LogP contribution in [-0.4, -0.2) is 32.3 Å². The Morgan fingerprint density at radius 1 is 1.05 bits per heavy atom. The molecule has 2 aromatic carbocycles. The predicted molar refractivity (Wildman–Crippen MR) is 156 cm³/mol. The van der Waals surface area contributed by atoms with Gasteiger partial charge in [-0.05, 0) is 75.6 Å². The van der Waals surface area contributed by atoms with Gasteiger partial charge in [0.2, 0.25) is 0 Å². The van der Waals surface area contributed by atoms with Crippen LogP contribution in [0.3, 0.4) is 0 Å². The summed E-state index contributed by atoms with van der Waals surface area (Å²) in [5.41, 5.74) is 4.45. The zero-order valence-corrected chi connectivity index (χ0v) is 24.5. The molecule has 4 rings (SSSR count). The van der Waals surface area contributed by atoms with Crippen LogP contribution in [0.4, 0.5) is 4.39 Å². The zero-order valence-electron chi connectivity index (χ0n) is 23.7. The topological polar surface area (TPSA) is 78.6 Å². The fourth-order valence-electron chi connectivity index (χ4n) is 4.42. The molecule has 0 N–H and O–H groups in total. The van der Waals surface area contributed by atoms with Crippen LogP contribution in [0.25, 0.3) is 22.1 Å². The van der Waals surface area contributed by atoms with E-state index in [1.807, 2.05) is 57.2 Å². The van der Waals surface area contributed by atoms with Crippen LogP contribution >= 0.6 is 0 Å². The van der Waals surface area contributed by atoms with Gasteiger partial charge in [0, 0.05) is 56.0 Å². The van der Waals surface area contributed by atoms with Crippen molar-refractivity contribution < 1.29 is 27.3 Å². The Labute approximate surface area is 237 Å². The number of carbonyl (C=O) groups is 1. The molecule has 0 unspecified atom stereocenters. The fourth-order valence-corrected chi connectivity index (χ4v) is 5.41. The highest BCUT2D eigenvalue weighted by molar-refractivity contribution is 7.86. The second-order valence-corrected chi connectivity index (χ2v) is 12.9. The molecule has 0 spiro atoms. The van der Waals surface area contributed by atoms with Crippen molar-refractivity contribution in [1.82, 2.24) is 4.98 Å². The molecule has 0 aliphatic heterocycles. The summed E-state index contributed by atoms with van der Waals surface area (Å²) in [6.45, 7) is 10.1. The third kappa shape index (κ3) is 6.97. The number of rotatable bonds is 11. The Bertz CT molecular complexity index is 1520. The second kappa shape index (κ2) is 12.8. The summed E-state index contributed by atoms with van der Waals surface area (Å²) < 4.78 is 45.0. The van der Waals surface area contributed by atoms with E-state index in [1.165, 1.54) is 0 Å². The van der Waals surface area contributed by atoms with Crippen LogP contribution < -0.4 is 4.74 Å². The van der Waals surface area contributed by atoms with Crippen LogP contribution in [0, 0.1) is 5.82 Å². The number of hydrogen-bond acceptors (Lipinski definition) is 6. The van der Waals surface area contributed by atoms with E-state index in [9.17, 15) is 9.00 Å². The largest absolute Gasteiger partial charge is 0.489 e. The van der Waals surface area contributed by atoms with E-state index in [4.69, 9.17) is 13.9 Å². The Balaban J connectivity index is 1.64. The van der Waals surface area contributed by atoms with Crippen molar-refractivity contribution in [2.75, 3.05) is 12.4 Å². The first-order valence-corrected chi connectivity index (χ1v) is 14.8. The minimum absolute atomic E-state index is 0.115. The number of fused-ring (bicyclic) bond motifs is 1. The quantitative estimate of drug-likeness (QED) is 0.183. The molecule has 0 fully saturated rings. The minimum atomic E-state index is -1.12. The monoisotopic (exact) mass is 565 g/mol. The summed E-state index contributed by atoms with van der Waals surface area (Å²) in [6.07, 6.45) is 4.36. The standard InChI is InChI=1S/C32H36FNO5S/c1-6-21-8-9-23(19-29(35)37-7-2)28(18-21)39-20-22-16-24-11-14-38-31(24)26(17-22)25-10-13-34-27(30(25)33)12-15-40(36)32(3,4)5/h8-11,13-14,16-18H,6-7,12,15,19-20H2,1-5H3/t40-/m1/s1. The molecular formula is C32H36FNO5S. The summed E-state index contributed by atoms with van der Waals surface area (Å²) >= 11 is 0. The van der Waals surface area contributed by atoms with Crippen LogP contribution in [0.1, 0.15) is 57.0 Å². The number of carbonyl (C=O) groups excluding carboxylic acids is 1. The molecule has 0 aliphatic carbocycles. The van der Waals surface area contributed by atoms with Crippen LogP contribution in [-0.2, 0) is 46.2 Å². The van der Waals surface area contributed by atoms with E-state index in [2.05, 4.69) is 11.9 Å². The van der Waals surface area contributed by atoms with Crippen LogP contribution in [0.2, 0.25) is 0 Å². The van der Waals surface area contributed by atoms with Gasteiger partial charge in [-0.25, -0.2) is 4.39 Å². The van der Waals surface area contributed by atoms with Gasteiger partial charge in [0.1, 0.15) is 17.9 Å². The molecule has 1 atom stereocenters. The predicted octanol–water partition coefficient (Wildman–Crippen LogP) is 6.97. The first-order chi connectivity index (χ1) is 19.1. The summed E-state index contributed by atoms with van der Waals surface area (Å²) in [4.78, 5) is 16.4. The fraction of sp³-hybridized carbons (Fsp3) is 0.375. The van der Waals surface area contributed by atoms with E-state index in [0.717, 1.165) is 28.5 Å². The molecule has 40 heavy (non-hydrogen) atoms. The Morgan fingerprint density at radius 3 is 2.58 bits per heavy atom. The smallest absolute Gasteiger partial charge is 0.310 e. The third-order valence-electron chi connectivity index (χ3n) is 6.64. The van der Waals surface area contributed by atoms with Crippen molar-refractivity contribution in [3.63, 3.8) is 0 Å². The third-order valence-corrected chi connectivity index (χ3v) is 8.59. The molecule has 0 saturated carbocycles. The molecule has 0 amide bonds. The highest BCUT2D eigenvalue weighted by Gasteiger charge is 2.22. The average molecular weight is 566 g/mol. The number of aryl methyl sites for hydroxylation is 2. The van der Waals surface area contributed by atoms with E-state index in [-0.39, 0.29) is 35.9 Å². The van der Waals surface area contributed by atoms with E-state index in [1.54, 1.807) is 25.5 Å². The number of benzene rings is 2. The molecule has 0 radical (unpaired) electrons. The van der Waals surface area contributed by atoms with Gasteiger partial charge in [-0.3, -0.25) is 14.0 Å². The number of esters is 1. The lowest BCUT2D eigenvalue weighted by Crippen LogP contribution is -2.25. The first-order valence-electron chi connectivity index (χ1n) is 13.5. The number of furan rings is 1. The number of pyridine rings is 1. The summed E-state index contributed by atoms with van der Waals surface area (Å²) in [5.74, 6) is 0.183. The Morgan fingerprint density at radius 2 is 1.85 bits per heavy atom. The molecular weight excluding hydrogens is 529 g/mol. The molecule has 4 aromatic rings. The number of hydrogen-bond donors (Lipinski definition) is 0. The highest BCUT2D eigenvalue weighted by atomic mass is 32.2. The maximum atomic E-state index is 15.8. The highest BCUT2D eigenvalue weighted by Crippen LogP contribution is 2.34. The van der Waals surface area contributed by atoms with E-state index in [0.29, 0.717) is 34.8 Å². The van der Waals surface area contributed by atoms with Gasteiger partial charge in [0.25, 0.3) is 0 Å². The van der Waals surface area contributed by atoms with E-state index >= 15 is 4.39 Å². The van der Waals surface area contributed by atoms with E-state index < -0.39 is 16.6 Å². The maximum absolute atomic E-state index is 15.8. The van der Waals surface area contributed by atoms with Crippen molar-refractivity contribution in [3.05, 3.63) is 83.1 Å². The molecule has 0 aliphatic rings. The molecule has 6 nitrogen and oxygen atoms in total. The SMILES string of the molecule is CCOC(=O)Cc1ccc(CC)cc1OCc1cc(-c2ccnc(CC[S@@](=O)C(C)(C)C)c2F)c2occc2c1. The average Bonchev–Trinajstić information content (AvgIpc) is 3.40. The summed E-state index contributed by atoms with van der Waals surface area (Å²) in [5, 5.41) is 0.816. The van der Waals surface area contributed by atoms with Gasteiger partial charge in [0.05, 0.1) is 25.0 Å². The molecule has 2 aromatic heterocycles. The number of aromatic nitrogens is 1. The van der Waals surface area contributed by atoms with Gasteiger partial charge in [0.15, 0.2) is 5.82 Å². The number of nitrogens with zero attached hydrogens (tertiary/aromatic N) is 1. The lowest BCUT2D eigenvalue weighted by molar-refractivity contribution is -0.142. The lowest BCUT2D eigenvalue weighted by Gasteiger charge is -2.17. The van der Waals surface area contributed by atoms with Crippen molar-refractivity contribution >= 4 is 27.7 Å². The van der Waals surface area contributed by atoms with Crippen LogP contribution in [0.15, 0.2) is 59.3 Å². The molecule has 2 heterocycles. The lowest BCUT2D eigenvalue weighted by atomic mass is 9.99. The van der Waals surface area contributed by atoms with Gasteiger partial charge in [-0.15, -0.1) is 0 Å². The van der Waals surface area contributed by atoms with Crippen molar-refractivity contribution in [2.24, 2.45) is 0 Å². The Kier molecular flexibility index (Phi) is 9.40. The van der Waals surface area contributed by atoms with Gasteiger partial charge < -0.3 is 13.9 Å².